The van der Waals surface area contributed by atoms with E-state index in [0.29, 0.717) is 24.5 Å². The van der Waals surface area contributed by atoms with E-state index in [2.05, 4.69) is 20.9 Å². The van der Waals surface area contributed by atoms with E-state index in [1.54, 1.807) is 23.2 Å². The van der Waals surface area contributed by atoms with Crippen molar-refractivity contribution in [3.05, 3.63) is 58.7 Å². The lowest BCUT2D eigenvalue weighted by molar-refractivity contribution is -0.130. The zero-order chi connectivity index (χ0) is 17.6. The maximum absolute atomic E-state index is 12.3. The van der Waals surface area contributed by atoms with Gasteiger partial charge in [0.1, 0.15) is 6.10 Å². The van der Waals surface area contributed by atoms with E-state index in [9.17, 15) is 9.59 Å². The molecule has 6 heteroatoms. The number of likely N-dealkylation sites (tertiary alicyclic amines) is 1. The first kappa shape index (κ1) is 17.6. The molecule has 0 N–H and O–H groups in total. The molecular formula is C19H19BrN2O3. The molecule has 130 valence electrons. The number of ketones is 1. The fourth-order valence-electron chi connectivity index (χ4n) is 2.81. The molecule has 5 nitrogen and oxygen atoms in total. The predicted octanol–water partition coefficient (Wildman–Crippen LogP) is 3.49. The molecule has 0 saturated carbocycles. The van der Waals surface area contributed by atoms with Gasteiger partial charge in [0.15, 0.2) is 5.78 Å². The van der Waals surface area contributed by atoms with Crippen molar-refractivity contribution in [2.24, 2.45) is 0 Å². The summed E-state index contributed by atoms with van der Waals surface area (Å²) in [5.74, 6) is 0.537. The predicted molar refractivity (Wildman–Crippen MR) is 97.6 cm³/mol. The molecule has 2 heterocycles. The van der Waals surface area contributed by atoms with Crippen molar-refractivity contribution in [3.8, 4) is 5.88 Å². The molecule has 1 aromatic carbocycles. The van der Waals surface area contributed by atoms with E-state index in [1.807, 2.05) is 30.3 Å². The van der Waals surface area contributed by atoms with Crippen LogP contribution in [0.25, 0.3) is 0 Å². The highest BCUT2D eigenvalue weighted by Gasteiger charge is 2.28. The third-order valence-electron chi connectivity index (χ3n) is 4.16. The largest absolute Gasteiger partial charge is 0.472 e. The smallest absolute Gasteiger partial charge is 0.228 e. The Morgan fingerprint density at radius 3 is 2.72 bits per heavy atom. The first-order valence-corrected chi connectivity index (χ1v) is 9.06. The Morgan fingerprint density at radius 1 is 1.16 bits per heavy atom. The lowest BCUT2D eigenvalue weighted by atomic mass is 10.1. The summed E-state index contributed by atoms with van der Waals surface area (Å²) in [7, 11) is 0. The molecule has 1 atom stereocenters. The van der Waals surface area contributed by atoms with Crippen LogP contribution in [-0.4, -0.2) is 40.8 Å². The monoisotopic (exact) mass is 402 g/mol. The highest BCUT2D eigenvalue weighted by atomic mass is 79.9. The topological polar surface area (TPSA) is 59.5 Å². The summed E-state index contributed by atoms with van der Waals surface area (Å²) >= 11 is 3.41. The van der Waals surface area contributed by atoms with Crippen LogP contribution in [0.1, 0.15) is 29.6 Å². The summed E-state index contributed by atoms with van der Waals surface area (Å²) in [6, 6.07) is 12.8. The SMILES string of the molecule is O=C(CCC(=O)N1CCC(Oc2ncccc2Br)C1)c1ccccc1. The van der Waals surface area contributed by atoms with Crippen LogP contribution in [0.5, 0.6) is 5.88 Å². The standard InChI is InChI=1S/C19H19BrN2O3/c20-16-7-4-11-21-19(16)25-15-10-12-22(13-15)18(24)9-8-17(23)14-5-2-1-3-6-14/h1-7,11,15H,8-10,12-13H2. The summed E-state index contributed by atoms with van der Waals surface area (Å²) < 4.78 is 6.66. The average Bonchev–Trinajstić information content (AvgIpc) is 3.11. The summed E-state index contributed by atoms with van der Waals surface area (Å²) in [5.41, 5.74) is 0.651. The van der Waals surface area contributed by atoms with Crippen molar-refractivity contribution in [2.45, 2.75) is 25.4 Å². The number of hydrogen-bond acceptors (Lipinski definition) is 4. The molecule has 1 fully saturated rings. The fraction of sp³-hybridized carbons (Fsp3) is 0.316. The molecule has 3 rings (SSSR count). The number of aromatic nitrogens is 1. The van der Waals surface area contributed by atoms with Gasteiger partial charge in [0.2, 0.25) is 11.8 Å². The van der Waals surface area contributed by atoms with E-state index in [4.69, 9.17) is 4.74 Å². The Hall–Kier alpha value is -2.21. The Balaban J connectivity index is 1.48. The zero-order valence-electron chi connectivity index (χ0n) is 13.7. The summed E-state index contributed by atoms with van der Waals surface area (Å²) in [6.45, 7) is 1.18. The van der Waals surface area contributed by atoms with Crippen molar-refractivity contribution in [2.75, 3.05) is 13.1 Å². The number of nitrogens with zero attached hydrogens (tertiary/aromatic N) is 2. The van der Waals surface area contributed by atoms with Crippen LogP contribution >= 0.6 is 15.9 Å². The van der Waals surface area contributed by atoms with Gasteiger partial charge in [-0.2, -0.15) is 0 Å². The minimum absolute atomic E-state index is 0.00152. The van der Waals surface area contributed by atoms with Gasteiger partial charge in [0.05, 0.1) is 11.0 Å². The lowest BCUT2D eigenvalue weighted by Gasteiger charge is -2.17. The van der Waals surface area contributed by atoms with Crippen molar-refractivity contribution < 1.29 is 14.3 Å². The third-order valence-corrected chi connectivity index (χ3v) is 4.77. The number of carbonyl (C=O) groups excluding carboxylic acids is 2. The van der Waals surface area contributed by atoms with Gasteiger partial charge in [-0.05, 0) is 28.1 Å². The Bertz CT molecular complexity index is 751. The Kier molecular flexibility index (Phi) is 5.81. The second-order valence-electron chi connectivity index (χ2n) is 5.95. The maximum atomic E-state index is 12.3. The van der Waals surface area contributed by atoms with Crippen molar-refractivity contribution in [1.29, 1.82) is 0 Å². The van der Waals surface area contributed by atoms with Gasteiger partial charge in [0.25, 0.3) is 0 Å². The minimum atomic E-state index is -0.0695. The summed E-state index contributed by atoms with van der Waals surface area (Å²) in [5, 5.41) is 0. The van der Waals surface area contributed by atoms with Gasteiger partial charge in [-0.3, -0.25) is 9.59 Å². The van der Waals surface area contributed by atoms with Crippen LogP contribution in [0, 0.1) is 0 Å². The summed E-state index contributed by atoms with van der Waals surface area (Å²) in [4.78, 5) is 30.4. The molecule has 0 bridgehead atoms. The average molecular weight is 403 g/mol. The van der Waals surface area contributed by atoms with Gasteiger partial charge < -0.3 is 9.64 Å². The second-order valence-corrected chi connectivity index (χ2v) is 6.80. The van der Waals surface area contributed by atoms with E-state index < -0.39 is 0 Å². The number of benzene rings is 1. The van der Waals surface area contributed by atoms with Gasteiger partial charge in [-0.1, -0.05) is 30.3 Å². The van der Waals surface area contributed by atoms with E-state index in [1.165, 1.54) is 0 Å². The normalized spacial score (nSPS) is 16.7. The third kappa shape index (κ3) is 4.66. The molecule has 1 aliphatic heterocycles. The molecule has 0 spiro atoms. The molecule has 2 aromatic rings. The lowest BCUT2D eigenvalue weighted by Crippen LogP contribution is -2.31. The number of Topliss-reactive ketones (excluding diaryl/α,β-unsaturated/α-hetero) is 1. The fourth-order valence-corrected chi connectivity index (χ4v) is 3.16. The van der Waals surface area contributed by atoms with E-state index in [-0.39, 0.29) is 30.6 Å². The molecule has 1 aromatic heterocycles. The molecule has 1 saturated heterocycles. The van der Waals surface area contributed by atoms with Crippen LogP contribution in [0.3, 0.4) is 0 Å². The molecule has 1 aliphatic rings. The number of hydrogen-bond donors (Lipinski definition) is 0. The molecular weight excluding hydrogens is 384 g/mol. The molecule has 25 heavy (non-hydrogen) atoms. The number of pyridine rings is 1. The van der Waals surface area contributed by atoms with Crippen LogP contribution in [0.2, 0.25) is 0 Å². The maximum Gasteiger partial charge on any atom is 0.228 e. The van der Waals surface area contributed by atoms with E-state index in [0.717, 1.165) is 10.9 Å². The van der Waals surface area contributed by atoms with Crippen molar-refractivity contribution in [1.82, 2.24) is 9.88 Å². The number of carbonyl (C=O) groups is 2. The number of halogens is 1. The first-order valence-electron chi connectivity index (χ1n) is 8.26. The summed E-state index contributed by atoms with van der Waals surface area (Å²) in [6.07, 6.45) is 2.83. The van der Waals surface area contributed by atoms with Crippen molar-refractivity contribution in [3.63, 3.8) is 0 Å². The molecule has 0 radical (unpaired) electrons. The Morgan fingerprint density at radius 2 is 1.96 bits per heavy atom. The van der Waals surface area contributed by atoms with Gasteiger partial charge in [0, 0.05) is 37.6 Å². The highest BCUT2D eigenvalue weighted by Crippen LogP contribution is 2.24. The van der Waals surface area contributed by atoms with Gasteiger partial charge in [-0.15, -0.1) is 0 Å². The van der Waals surface area contributed by atoms with Gasteiger partial charge >= 0.3 is 0 Å². The molecule has 0 aliphatic carbocycles. The van der Waals surface area contributed by atoms with Crippen LogP contribution in [0.15, 0.2) is 53.1 Å². The minimum Gasteiger partial charge on any atom is -0.472 e. The first-order chi connectivity index (χ1) is 12.1. The highest BCUT2D eigenvalue weighted by molar-refractivity contribution is 9.10. The molecule has 1 amide bonds. The number of amides is 1. The van der Waals surface area contributed by atoms with Gasteiger partial charge in [-0.25, -0.2) is 4.98 Å². The van der Waals surface area contributed by atoms with Crippen LogP contribution in [0.4, 0.5) is 0 Å². The molecule has 1 unspecified atom stereocenters. The van der Waals surface area contributed by atoms with Crippen molar-refractivity contribution >= 4 is 27.6 Å². The Labute approximate surface area is 155 Å². The van der Waals surface area contributed by atoms with E-state index >= 15 is 0 Å². The number of rotatable bonds is 6. The van der Waals surface area contributed by atoms with Crippen LogP contribution < -0.4 is 4.74 Å². The zero-order valence-corrected chi connectivity index (χ0v) is 15.3. The second kappa shape index (κ2) is 8.25. The van der Waals surface area contributed by atoms with Crippen LogP contribution in [-0.2, 0) is 4.79 Å². The quantitative estimate of drug-likeness (QED) is 0.693. The number of ether oxygens (including phenoxy) is 1.